The maximum absolute atomic E-state index is 11.9. The van der Waals surface area contributed by atoms with Crippen LogP contribution in [-0.2, 0) is 9.59 Å². The number of rotatable bonds is 26. The van der Waals surface area contributed by atoms with Gasteiger partial charge in [-0.25, -0.2) is 0 Å². The predicted octanol–water partition coefficient (Wildman–Crippen LogP) is 7.79. The molecular formula is C28H56N2O2S. The third-order valence-corrected chi connectivity index (χ3v) is 7.14. The van der Waals surface area contributed by atoms with Crippen molar-refractivity contribution in [2.75, 3.05) is 24.6 Å². The van der Waals surface area contributed by atoms with Crippen molar-refractivity contribution >= 4 is 23.6 Å². The van der Waals surface area contributed by atoms with E-state index in [4.69, 9.17) is 0 Å². The summed E-state index contributed by atoms with van der Waals surface area (Å²) in [5.74, 6) is 1.90. The van der Waals surface area contributed by atoms with Crippen LogP contribution >= 0.6 is 11.8 Å². The molecule has 0 radical (unpaired) electrons. The van der Waals surface area contributed by atoms with Crippen molar-refractivity contribution in [2.24, 2.45) is 0 Å². The Bertz CT molecular complexity index is 394. The molecule has 0 saturated heterocycles. The van der Waals surface area contributed by atoms with Gasteiger partial charge in [-0.3, -0.25) is 9.59 Å². The zero-order valence-corrected chi connectivity index (χ0v) is 23.0. The highest BCUT2D eigenvalue weighted by Gasteiger charge is 2.03. The number of carbonyl (C=O) groups excluding carboxylic acids is 2. The molecule has 2 amide bonds. The van der Waals surface area contributed by atoms with Crippen molar-refractivity contribution in [1.82, 2.24) is 10.6 Å². The van der Waals surface area contributed by atoms with Crippen molar-refractivity contribution in [3.63, 3.8) is 0 Å². The highest BCUT2D eigenvalue weighted by molar-refractivity contribution is 7.99. The molecule has 33 heavy (non-hydrogen) atoms. The van der Waals surface area contributed by atoms with Crippen LogP contribution in [0.2, 0.25) is 0 Å². The number of thioether (sulfide) groups is 1. The summed E-state index contributed by atoms with van der Waals surface area (Å²) in [6.07, 6.45) is 24.6. The second kappa shape index (κ2) is 27.5. The highest BCUT2D eigenvalue weighted by Crippen LogP contribution is 2.10. The fourth-order valence-electron chi connectivity index (χ4n) is 3.94. The monoisotopic (exact) mass is 484 g/mol. The molecule has 0 aromatic carbocycles. The molecule has 0 fully saturated rings. The Labute approximate surface area is 210 Å². The molecule has 4 nitrogen and oxygen atoms in total. The quantitative estimate of drug-likeness (QED) is 0.123. The van der Waals surface area contributed by atoms with E-state index in [-0.39, 0.29) is 11.8 Å². The van der Waals surface area contributed by atoms with Gasteiger partial charge < -0.3 is 10.6 Å². The lowest BCUT2D eigenvalue weighted by molar-refractivity contribution is -0.121. The van der Waals surface area contributed by atoms with Gasteiger partial charge in [-0.15, -0.1) is 0 Å². The van der Waals surface area contributed by atoms with Crippen LogP contribution in [0.1, 0.15) is 142 Å². The minimum atomic E-state index is 0.150. The lowest BCUT2D eigenvalue weighted by Crippen LogP contribution is -2.25. The van der Waals surface area contributed by atoms with Crippen molar-refractivity contribution in [3.8, 4) is 0 Å². The van der Waals surface area contributed by atoms with E-state index in [1.54, 1.807) is 11.8 Å². The van der Waals surface area contributed by atoms with Crippen LogP contribution in [0.3, 0.4) is 0 Å². The summed E-state index contributed by atoms with van der Waals surface area (Å²) in [5.41, 5.74) is 0. The number of hydrogen-bond acceptors (Lipinski definition) is 3. The van der Waals surface area contributed by atoms with Crippen molar-refractivity contribution < 1.29 is 9.59 Å². The van der Waals surface area contributed by atoms with Gasteiger partial charge >= 0.3 is 0 Å². The predicted molar refractivity (Wildman–Crippen MR) is 147 cm³/mol. The summed E-state index contributed by atoms with van der Waals surface area (Å²) in [7, 11) is 0. The van der Waals surface area contributed by atoms with E-state index in [1.165, 1.54) is 103 Å². The van der Waals surface area contributed by atoms with E-state index in [1.807, 2.05) is 0 Å². The molecule has 196 valence electrons. The number of nitrogens with one attached hydrogen (secondary N) is 2. The highest BCUT2D eigenvalue weighted by atomic mass is 32.2. The van der Waals surface area contributed by atoms with E-state index in [0.29, 0.717) is 12.8 Å². The van der Waals surface area contributed by atoms with E-state index in [2.05, 4.69) is 24.5 Å². The van der Waals surface area contributed by atoms with Crippen LogP contribution in [0.15, 0.2) is 0 Å². The average Bonchev–Trinajstić information content (AvgIpc) is 2.81. The lowest BCUT2D eigenvalue weighted by Gasteiger charge is -2.07. The molecule has 0 aliphatic carbocycles. The fourth-order valence-corrected chi connectivity index (χ4v) is 4.80. The Balaban J connectivity index is 3.28. The van der Waals surface area contributed by atoms with Crippen LogP contribution in [0.4, 0.5) is 0 Å². The lowest BCUT2D eigenvalue weighted by atomic mass is 10.1. The molecule has 0 saturated carbocycles. The van der Waals surface area contributed by atoms with Crippen LogP contribution in [0, 0.1) is 0 Å². The largest absolute Gasteiger partial charge is 0.356 e. The molecule has 0 heterocycles. The summed E-state index contributed by atoms with van der Waals surface area (Å²) >= 11 is 1.70. The minimum absolute atomic E-state index is 0.150. The summed E-state index contributed by atoms with van der Waals surface area (Å²) in [6.45, 7) is 6.12. The summed E-state index contributed by atoms with van der Waals surface area (Å²) < 4.78 is 0. The molecule has 0 aliphatic rings. The van der Waals surface area contributed by atoms with Gasteiger partial charge in [0.1, 0.15) is 0 Å². The summed E-state index contributed by atoms with van der Waals surface area (Å²) in [5, 5.41) is 6.06. The fraction of sp³-hybridized carbons (Fsp3) is 0.929. The first-order chi connectivity index (χ1) is 16.2. The first kappa shape index (κ1) is 32.3. The molecule has 0 spiro atoms. The maximum Gasteiger partial charge on any atom is 0.220 e. The van der Waals surface area contributed by atoms with E-state index >= 15 is 0 Å². The molecular weight excluding hydrogens is 428 g/mol. The molecule has 0 aromatic heterocycles. The van der Waals surface area contributed by atoms with Gasteiger partial charge in [0, 0.05) is 37.4 Å². The Morgan fingerprint density at radius 3 is 1.12 bits per heavy atom. The maximum atomic E-state index is 11.9. The molecule has 5 heteroatoms. The number of amides is 2. The van der Waals surface area contributed by atoms with E-state index in [9.17, 15) is 9.59 Å². The van der Waals surface area contributed by atoms with Gasteiger partial charge in [0.05, 0.1) is 0 Å². The van der Waals surface area contributed by atoms with Gasteiger partial charge in [-0.2, -0.15) is 11.8 Å². The minimum Gasteiger partial charge on any atom is -0.356 e. The van der Waals surface area contributed by atoms with Gasteiger partial charge in [-0.1, -0.05) is 117 Å². The summed E-state index contributed by atoms with van der Waals surface area (Å²) in [4.78, 5) is 23.8. The number of hydrogen-bond donors (Lipinski definition) is 2. The van der Waals surface area contributed by atoms with Gasteiger partial charge in [-0.05, 0) is 12.8 Å². The molecule has 0 aromatic rings. The molecule has 0 rings (SSSR count). The van der Waals surface area contributed by atoms with E-state index < -0.39 is 0 Å². The van der Waals surface area contributed by atoms with Gasteiger partial charge in [0.2, 0.25) is 11.8 Å². The Kier molecular flexibility index (Phi) is 26.9. The topological polar surface area (TPSA) is 58.2 Å². The van der Waals surface area contributed by atoms with Crippen molar-refractivity contribution in [2.45, 2.75) is 142 Å². The molecule has 0 bridgehead atoms. The molecule has 0 atom stereocenters. The van der Waals surface area contributed by atoms with Crippen LogP contribution in [0.5, 0.6) is 0 Å². The first-order valence-corrected chi connectivity index (χ1v) is 15.5. The Morgan fingerprint density at radius 2 is 0.788 bits per heavy atom. The van der Waals surface area contributed by atoms with E-state index in [0.717, 1.165) is 37.4 Å². The molecule has 0 unspecified atom stereocenters. The first-order valence-electron chi connectivity index (χ1n) is 14.3. The Hall–Kier alpha value is -0.710. The van der Waals surface area contributed by atoms with Gasteiger partial charge in [0.15, 0.2) is 0 Å². The third-order valence-electron chi connectivity index (χ3n) is 6.15. The summed E-state index contributed by atoms with van der Waals surface area (Å²) in [6, 6.07) is 0. The van der Waals surface area contributed by atoms with Crippen molar-refractivity contribution in [1.29, 1.82) is 0 Å². The zero-order valence-electron chi connectivity index (χ0n) is 22.2. The smallest absolute Gasteiger partial charge is 0.220 e. The Morgan fingerprint density at radius 1 is 0.485 bits per heavy atom. The number of carbonyl (C=O) groups is 2. The standard InChI is InChI=1S/C28H56N2O2S/c1-3-5-7-9-11-13-15-17-19-23-29-27(31)21-25-33-26-22-28(32)30-24-20-18-16-14-12-10-8-6-4-2/h3-26H2,1-2H3,(H,29,31)(H,30,32). The van der Waals surface area contributed by atoms with Crippen LogP contribution in [0.25, 0.3) is 0 Å². The number of unbranched alkanes of at least 4 members (excludes halogenated alkanes) is 16. The molecule has 0 aliphatic heterocycles. The van der Waals surface area contributed by atoms with Crippen LogP contribution < -0.4 is 10.6 Å². The van der Waals surface area contributed by atoms with Crippen molar-refractivity contribution in [3.05, 3.63) is 0 Å². The SMILES string of the molecule is CCCCCCCCCCCNC(=O)CCSCCC(=O)NCCCCCCCCCCC. The average molecular weight is 485 g/mol. The normalized spacial score (nSPS) is 11.0. The third kappa shape index (κ3) is 27.4. The molecule has 2 N–H and O–H groups in total. The van der Waals surface area contributed by atoms with Crippen LogP contribution in [-0.4, -0.2) is 36.4 Å². The second-order valence-electron chi connectivity index (χ2n) is 9.47. The van der Waals surface area contributed by atoms with Gasteiger partial charge in [0.25, 0.3) is 0 Å². The second-order valence-corrected chi connectivity index (χ2v) is 10.7. The zero-order chi connectivity index (χ0) is 24.2.